The molecular weight excluding hydrogens is 268 g/mol. The van der Waals surface area contributed by atoms with Crippen LogP contribution >= 0.6 is 11.3 Å². The fourth-order valence-corrected chi connectivity index (χ4v) is 2.98. The summed E-state index contributed by atoms with van der Waals surface area (Å²) in [6.45, 7) is 0. The fourth-order valence-electron chi connectivity index (χ4n) is 2.28. The van der Waals surface area contributed by atoms with Gasteiger partial charge in [-0.05, 0) is 40.8 Å². The van der Waals surface area contributed by atoms with E-state index in [1.54, 1.807) is 17.5 Å². The number of rotatable bonds is 5. The highest BCUT2D eigenvalue weighted by Gasteiger charge is 2.15. The van der Waals surface area contributed by atoms with E-state index in [2.05, 4.69) is 27.0 Å². The van der Waals surface area contributed by atoms with Crippen molar-refractivity contribution in [2.45, 2.75) is 18.9 Å². The molecule has 0 aliphatic rings. The van der Waals surface area contributed by atoms with E-state index < -0.39 is 6.10 Å². The molecule has 3 nitrogen and oxygen atoms in total. The van der Waals surface area contributed by atoms with Gasteiger partial charge in [-0.1, -0.05) is 30.3 Å². The van der Waals surface area contributed by atoms with Gasteiger partial charge in [0.25, 0.3) is 0 Å². The van der Waals surface area contributed by atoms with Crippen LogP contribution in [0.15, 0.2) is 53.4 Å². The van der Waals surface area contributed by atoms with Gasteiger partial charge >= 0.3 is 0 Å². The zero-order valence-electron chi connectivity index (χ0n) is 11.0. The van der Waals surface area contributed by atoms with E-state index in [4.69, 9.17) is 0 Å². The largest absolute Gasteiger partial charge is 0.388 e. The van der Waals surface area contributed by atoms with Gasteiger partial charge in [-0.3, -0.25) is 5.10 Å². The minimum Gasteiger partial charge on any atom is -0.388 e. The van der Waals surface area contributed by atoms with E-state index in [-0.39, 0.29) is 0 Å². The summed E-state index contributed by atoms with van der Waals surface area (Å²) in [6, 6.07) is 12.1. The Kier molecular flexibility index (Phi) is 3.95. The summed E-state index contributed by atoms with van der Waals surface area (Å²) >= 11 is 1.69. The number of nitrogens with one attached hydrogen (secondary N) is 1. The molecule has 4 heteroatoms. The van der Waals surface area contributed by atoms with Crippen LogP contribution in [-0.4, -0.2) is 15.3 Å². The van der Waals surface area contributed by atoms with Crippen molar-refractivity contribution in [2.75, 3.05) is 0 Å². The topological polar surface area (TPSA) is 48.9 Å². The summed E-state index contributed by atoms with van der Waals surface area (Å²) in [7, 11) is 0. The lowest BCUT2D eigenvalue weighted by atomic mass is 10.00. The van der Waals surface area contributed by atoms with Crippen molar-refractivity contribution in [1.29, 1.82) is 0 Å². The molecule has 0 saturated carbocycles. The van der Waals surface area contributed by atoms with Crippen molar-refractivity contribution in [1.82, 2.24) is 10.2 Å². The summed E-state index contributed by atoms with van der Waals surface area (Å²) in [5.41, 5.74) is 4.10. The van der Waals surface area contributed by atoms with E-state index in [1.807, 2.05) is 30.3 Å². The van der Waals surface area contributed by atoms with Crippen LogP contribution in [0.5, 0.6) is 0 Å². The second-order valence-electron chi connectivity index (χ2n) is 4.75. The first kappa shape index (κ1) is 13.1. The number of thiophene rings is 1. The number of nitrogens with zero attached hydrogens (tertiary/aromatic N) is 1. The molecular formula is C16H16N2OS. The first-order valence-corrected chi connectivity index (χ1v) is 7.56. The fraction of sp³-hybridized carbons (Fsp3) is 0.188. The molecule has 1 unspecified atom stereocenters. The minimum absolute atomic E-state index is 0.496. The van der Waals surface area contributed by atoms with Crippen molar-refractivity contribution in [3.05, 3.63) is 64.5 Å². The second kappa shape index (κ2) is 6.03. The summed E-state index contributed by atoms with van der Waals surface area (Å²) in [4.78, 5) is 0. The molecule has 3 rings (SSSR count). The summed E-state index contributed by atoms with van der Waals surface area (Å²) < 4.78 is 0. The predicted octanol–water partition coefficient (Wildman–Crippen LogP) is 3.80. The number of aromatic amines is 1. The van der Waals surface area contributed by atoms with Gasteiger partial charge in [-0.2, -0.15) is 16.4 Å². The number of aryl methyl sites for hydroxylation is 1. The lowest BCUT2D eigenvalue weighted by molar-refractivity contribution is 0.168. The Morgan fingerprint density at radius 1 is 1.20 bits per heavy atom. The standard InChI is InChI=1S/C16H16N2OS/c19-15(7-6-12-8-9-20-11-12)14-10-17-18-16(14)13-4-2-1-3-5-13/h1-5,8-11,15,19H,6-7H2,(H,17,18). The molecule has 1 aromatic carbocycles. The number of aliphatic hydroxyl groups excluding tert-OH is 1. The first-order valence-electron chi connectivity index (χ1n) is 6.62. The van der Waals surface area contributed by atoms with Gasteiger partial charge in [0.05, 0.1) is 18.0 Å². The van der Waals surface area contributed by atoms with E-state index >= 15 is 0 Å². The third-order valence-electron chi connectivity index (χ3n) is 3.38. The molecule has 0 fully saturated rings. The normalized spacial score (nSPS) is 12.4. The number of hydrogen-bond donors (Lipinski definition) is 2. The van der Waals surface area contributed by atoms with Gasteiger partial charge in [0, 0.05) is 5.56 Å². The van der Waals surface area contributed by atoms with Crippen LogP contribution in [0.25, 0.3) is 11.3 Å². The Labute approximate surface area is 121 Å². The Balaban J connectivity index is 1.75. The molecule has 20 heavy (non-hydrogen) atoms. The highest BCUT2D eigenvalue weighted by atomic mass is 32.1. The van der Waals surface area contributed by atoms with Crippen LogP contribution in [0.1, 0.15) is 23.7 Å². The van der Waals surface area contributed by atoms with Crippen molar-refractivity contribution in [3.63, 3.8) is 0 Å². The molecule has 2 aromatic heterocycles. The van der Waals surface area contributed by atoms with Gasteiger partial charge < -0.3 is 5.11 Å². The van der Waals surface area contributed by atoms with Crippen molar-refractivity contribution < 1.29 is 5.11 Å². The molecule has 1 atom stereocenters. The monoisotopic (exact) mass is 284 g/mol. The zero-order chi connectivity index (χ0) is 13.8. The number of aliphatic hydroxyl groups is 1. The minimum atomic E-state index is -0.496. The number of H-pyrrole nitrogens is 1. The van der Waals surface area contributed by atoms with E-state index in [0.29, 0.717) is 6.42 Å². The van der Waals surface area contributed by atoms with Crippen LogP contribution in [-0.2, 0) is 6.42 Å². The molecule has 0 aliphatic carbocycles. The average Bonchev–Trinajstić information content (AvgIpc) is 3.17. The molecule has 102 valence electrons. The summed E-state index contributed by atoms with van der Waals surface area (Å²) in [6.07, 6.45) is 2.81. The molecule has 2 heterocycles. The van der Waals surface area contributed by atoms with Crippen molar-refractivity contribution >= 4 is 11.3 Å². The SMILES string of the molecule is OC(CCc1ccsc1)c1cn[nH]c1-c1ccccc1. The Morgan fingerprint density at radius 2 is 2.05 bits per heavy atom. The summed E-state index contributed by atoms with van der Waals surface area (Å²) in [5.74, 6) is 0. The van der Waals surface area contributed by atoms with Crippen molar-refractivity contribution in [2.24, 2.45) is 0 Å². The predicted molar refractivity (Wildman–Crippen MR) is 81.6 cm³/mol. The van der Waals surface area contributed by atoms with Crippen LogP contribution in [0.4, 0.5) is 0 Å². The van der Waals surface area contributed by atoms with Crippen molar-refractivity contribution in [3.8, 4) is 11.3 Å². The maximum absolute atomic E-state index is 10.4. The number of benzene rings is 1. The van der Waals surface area contributed by atoms with Gasteiger partial charge in [0.15, 0.2) is 0 Å². The van der Waals surface area contributed by atoms with Crippen LogP contribution in [0.3, 0.4) is 0 Å². The van der Waals surface area contributed by atoms with Crippen LogP contribution < -0.4 is 0 Å². The number of hydrogen-bond acceptors (Lipinski definition) is 3. The Bertz CT molecular complexity index is 646. The quantitative estimate of drug-likeness (QED) is 0.748. The zero-order valence-corrected chi connectivity index (χ0v) is 11.8. The van der Waals surface area contributed by atoms with Gasteiger partial charge in [0.1, 0.15) is 0 Å². The van der Waals surface area contributed by atoms with E-state index in [9.17, 15) is 5.11 Å². The van der Waals surface area contributed by atoms with Gasteiger partial charge in [-0.15, -0.1) is 0 Å². The van der Waals surface area contributed by atoms with Crippen LogP contribution in [0, 0.1) is 0 Å². The van der Waals surface area contributed by atoms with E-state index in [0.717, 1.165) is 23.2 Å². The third kappa shape index (κ3) is 2.81. The third-order valence-corrected chi connectivity index (χ3v) is 4.11. The molecule has 0 radical (unpaired) electrons. The highest BCUT2D eigenvalue weighted by molar-refractivity contribution is 7.07. The average molecular weight is 284 g/mol. The van der Waals surface area contributed by atoms with Crippen LogP contribution in [0.2, 0.25) is 0 Å². The number of aromatic nitrogens is 2. The Hall–Kier alpha value is -1.91. The lowest BCUT2D eigenvalue weighted by Gasteiger charge is -2.10. The molecule has 3 aromatic rings. The molecule has 0 spiro atoms. The lowest BCUT2D eigenvalue weighted by Crippen LogP contribution is -2.00. The molecule has 0 bridgehead atoms. The van der Waals surface area contributed by atoms with E-state index in [1.165, 1.54) is 5.56 Å². The highest BCUT2D eigenvalue weighted by Crippen LogP contribution is 2.28. The molecule has 2 N–H and O–H groups in total. The molecule has 0 amide bonds. The molecule has 0 saturated heterocycles. The maximum atomic E-state index is 10.4. The summed E-state index contributed by atoms with van der Waals surface area (Å²) in [5, 5.41) is 21.7. The van der Waals surface area contributed by atoms with Gasteiger partial charge in [0.2, 0.25) is 0 Å². The van der Waals surface area contributed by atoms with Gasteiger partial charge in [-0.25, -0.2) is 0 Å². The smallest absolute Gasteiger partial charge is 0.0829 e. The maximum Gasteiger partial charge on any atom is 0.0829 e. The molecule has 0 aliphatic heterocycles. The first-order chi connectivity index (χ1) is 9.84. The second-order valence-corrected chi connectivity index (χ2v) is 5.53. The Morgan fingerprint density at radius 3 is 2.80 bits per heavy atom.